The molecule has 112 valence electrons. The van der Waals surface area contributed by atoms with E-state index in [9.17, 15) is 0 Å². The van der Waals surface area contributed by atoms with Crippen molar-refractivity contribution in [2.24, 2.45) is 5.73 Å². The lowest BCUT2D eigenvalue weighted by Gasteiger charge is -2.31. The van der Waals surface area contributed by atoms with Gasteiger partial charge in [-0.25, -0.2) is 0 Å². The summed E-state index contributed by atoms with van der Waals surface area (Å²) < 4.78 is 0. The highest BCUT2D eigenvalue weighted by Crippen LogP contribution is 2.32. The molecular formula is C16H26ClN3. The first-order valence-electron chi connectivity index (χ1n) is 7.42. The van der Waals surface area contributed by atoms with Crippen molar-refractivity contribution in [1.29, 1.82) is 0 Å². The van der Waals surface area contributed by atoms with Crippen LogP contribution >= 0.6 is 11.6 Å². The molecule has 0 spiro atoms. The Hall–Kier alpha value is -0.770. The van der Waals surface area contributed by atoms with Gasteiger partial charge in [-0.15, -0.1) is 0 Å². The van der Waals surface area contributed by atoms with Gasteiger partial charge in [-0.2, -0.15) is 0 Å². The number of benzene rings is 1. The monoisotopic (exact) mass is 295 g/mol. The fraction of sp³-hybridized carbons (Fsp3) is 0.625. The topological polar surface area (TPSA) is 32.5 Å². The van der Waals surface area contributed by atoms with E-state index in [1.807, 2.05) is 6.07 Å². The zero-order valence-corrected chi connectivity index (χ0v) is 13.5. The maximum atomic E-state index is 6.22. The standard InChI is InChI=1S/C16H26ClN3/c1-12(18)9-13-6-7-14(17)10-16(13)20-8-4-5-15(20)11-19(2)3/h6-7,10,12,15H,4-5,8-9,11,18H2,1-3H3. The summed E-state index contributed by atoms with van der Waals surface area (Å²) in [6.45, 7) is 4.26. The van der Waals surface area contributed by atoms with Crippen molar-refractivity contribution in [3.8, 4) is 0 Å². The minimum Gasteiger partial charge on any atom is -0.367 e. The van der Waals surface area contributed by atoms with Crippen LogP contribution in [0.3, 0.4) is 0 Å². The number of nitrogens with two attached hydrogens (primary N) is 1. The van der Waals surface area contributed by atoms with Crippen LogP contribution in [0.5, 0.6) is 0 Å². The molecule has 0 saturated carbocycles. The van der Waals surface area contributed by atoms with Gasteiger partial charge in [-0.1, -0.05) is 17.7 Å². The van der Waals surface area contributed by atoms with Gasteiger partial charge in [0, 0.05) is 35.9 Å². The van der Waals surface area contributed by atoms with E-state index in [0.29, 0.717) is 6.04 Å². The van der Waals surface area contributed by atoms with Gasteiger partial charge in [0.05, 0.1) is 0 Å². The van der Waals surface area contributed by atoms with Crippen LogP contribution in [0.2, 0.25) is 5.02 Å². The Kier molecular flexibility index (Phi) is 5.30. The number of hydrogen-bond donors (Lipinski definition) is 1. The SMILES string of the molecule is CC(N)Cc1ccc(Cl)cc1N1CCCC1CN(C)C. The number of hydrogen-bond acceptors (Lipinski definition) is 3. The lowest BCUT2D eigenvalue weighted by atomic mass is 10.0. The van der Waals surface area contributed by atoms with Crippen LogP contribution in [0, 0.1) is 0 Å². The zero-order valence-electron chi connectivity index (χ0n) is 12.8. The number of rotatable bonds is 5. The highest BCUT2D eigenvalue weighted by Gasteiger charge is 2.27. The Bertz CT molecular complexity index is 445. The lowest BCUT2D eigenvalue weighted by molar-refractivity contribution is 0.372. The fourth-order valence-corrected chi connectivity index (χ4v) is 3.25. The third-order valence-electron chi connectivity index (χ3n) is 3.85. The second kappa shape index (κ2) is 6.79. The first kappa shape index (κ1) is 15.6. The van der Waals surface area contributed by atoms with E-state index in [0.717, 1.165) is 24.5 Å². The Morgan fingerprint density at radius 2 is 2.20 bits per heavy atom. The van der Waals surface area contributed by atoms with Crippen LogP contribution in [-0.2, 0) is 6.42 Å². The smallest absolute Gasteiger partial charge is 0.0426 e. The Morgan fingerprint density at radius 1 is 1.45 bits per heavy atom. The van der Waals surface area contributed by atoms with Gasteiger partial charge in [0.25, 0.3) is 0 Å². The predicted molar refractivity (Wildman–Crippen MR) is 87.7 cm³/mol. The second-order valence-electron chi connectivity index (χ2n) is 6.21. The van der Waals surface area contributed by atoms with E-state index < -0.39 is 0 Å². The van der Waals surface area contributed by atoms with Gasteiger partial charge in [-0.05, 0) is 58.0 Å². The molecule has 1 aliphatic rings. The van der Waals surface area contributed by atoms with E-state index >= 15 is 0 Å². The summed E-state index contributed by atoms with van der Waals surface area (Å²) in [4.78, 5) is 4.78. The van der Waals surface area contributed by atoms with Crippen molar-refractivity contribution in [3.63, 3.8) is 0 Å². The minimum atomic E-state index is 0.171. The van der Waals surface area contributed by atoms with E-state index in [1.54, 1.807) is 0 Å². The molecule has 2 unspecified atom stereocenters. The lowest BCUT2D eigenvalue weighted by Crippen LogP contribution is -2.38. The molecule has 0 radical (unpaired) electrons. The van der Waals surface area contributed by atoms with Gasteiger partial charge in [0.1, 0.15) is 0 Å². The third kappa shape index (κ3) is 3.87. The normalized spacial score (nSPS) is 20.7. The number of likely N-dealkylation sites (N-methyl/N-ethyl adjacent to an activating group) is 1. The molecule has 0 aromatic heterocycles. The molecule has 1 aliphatic heterocycles. The highest BCUT2D eigenvalue weighted by molar-refractivity contribution is 6.30. The molecule has 1 fully saturated rings. The largest absolute Gasteiger partial charge is 0.367 e. The summed E-state index contributed by atoms with van der Waals surface area (Å²) in [7, 11) is 4.27. The zero-order chi connectivity index (χ0) is 14.7. The molecule has 0 aliphatic carbocycles. The first-order valence-corrected chi connectivity index (χ1v) is 7.80. The Labute approximate surface area is 127 Å². The summed E-state index contributed by atoms with van der Waals surface area (Å²) in [5.41, 5.74) is 8.58. The summed E-state index contributed by atoms with van der Waals surface area (Å²) >= 11 is 6.22. The summed E-state index contributed by atoms with van der Waals surface area (Å²) in [5.74, 6) is 0. The van der Waals surface area contributed by atoms with Crippen molar-refractivity contribution in [1.82, 2.24) is 4.90 Å². The minimum absolute atomic E-state index is 0.171. The van der Waals surface area contributed by atoms with Gasteiger partial charge in [-0.3, -0.25) is 0 Å². The first-order chi connectivity index (χ1) is 9.47. The quantitative estimate of drug-likeness (QED) is 0.906. The van der Waals surface area contributed by atoms with Crippen molar-refractivity contribution in [2.45, 2.75) is 38.3 Å². The molecule has 0 bridgehead atoms. The molecule has 3 nitrogen and oxygen atoms in total. The van der Waals surface area contributed by atoms with Crippen LogP contribution in [0.15, 0.2) is 18.2 Å². The third-order valence-corrected chi connectivity index (χ3v) is 4.09. The number of nitrogens with zero attached hydrogens (tertiary/aromatic N) is 2. The van der Waals surface area contributed by atoms with Crippen LogP contribution < -0.4 is 10.6 Å². The van der Waals surface area contributed by atoms with Crippen molar-refractivity contribution < 1.29 is 0 Å². The van der Waals surface area contributed by atoms with Gasteiger partial charge >= 0.3 is 0 Å². The molecule has 1 saturated heterocycles. The molecule has 1 aromatic carbocycles. The molecule has 1 aromatic rings. The van der Waals surface area contributed by atoms with Crippen LogP contribution in [0.4, 0.5) is 5.69 Å². The molecule has 2 rings (SSSR count). The average Bonchev–Trinajstić information content (AvgIpc) is 2.78. The van der Waals surface area contributed by atoms with Gasteiger partial charge in [0.2, 0.25) is 0 Å². The highest BCUT2D eigenvalue weighted by atomic mass is 35.5. The van der Waals surface area contributed by atoms with Crippen molar-refractivity contribution >= 4 is 17.3 Å². The van der Waals surface area contributed by atoms with Crippen molar-refractivity contribution in [3.05, 3.63) is 28.8 Å². The summed E-state index contributed by atoms with van der Waals surface area (Å²) in [5, 5.41) is 0.809. The average molecular weight is 296 g/mol. The Morgan fingerprint density at radius 3 is 2.85 bits per heavy atom. The van der Waals surface area contributed by atoms with Crippen molar-refractivity contribution in [2.75, 3.05) is 32.1 Å². The molecule has 0 amide bonds. The van der Waals surface area contributed by atoms with E-state index in [4.69, 9.17) is 17.3 Å². The predicted octanol–water partition coefficient (Wildman–Crippen LogP) is 2.76. The number of halogens is 1. The molecule has 4 heteroatoms. The summed E-state index contributed by atoms with van der Waals surface area (Å²) in [6.07, 6.45) is 3.41. The molecular weight excluding hydrogens is 270 g/mol. The molecule has 2 N–H and O–H groups in total. The van der Waals surface area contributed by atoms with Crippen LogP contribution in [0.25, 0.3) is 0 Å². The molecule has 1 heterocycles. The van der Waals surface area contributed by atoms with E-state index in [2.05, 4.69) is 43.0 Å². The van der Waals surface area contributed by atoms with Crippen LogP contribution in [-0.4, -0.2) is 44.2 Å². The molecule has 20 heavy (non-hydrogen) atoms. The maximum Gasteiger partial charge on any atom is 0.0426 e. The summed E-state index contributed by atoms with van der Waals surface area (Å²) in [6, 6.07) is 6.96. The second-order valence-corrected chi connectivity index (χ2v) is 6.64. The van der Waals surface area contributed by atoms with E-state index in [1.165, 1.54) is 24.1 Å². The number of anilines is 1. The molecule has 2 atom stereocenters. The van der Waals surface area contributed by atoms with Gasteiger partial charge in [0.15, 0.2) is 0 Å². The fourth-order valence-electron chi connectivity index (χ4n) is 3.09. The van der Waals surface area contributed by atoms with E-state index in [-0.39, 0.29) is 6.04 Å². The maximum absolute atomic E-state index is 6.22. The van der Waals surface area contributed by atoms with Crippen LogP contribution in [0.1, 0.15) is 25.3 Å². The Balaban J connectivity index is 2.27. The van der Waals surface area contributed by atoms with Gasteiger partial charge < -0.3 is 15.5 Å².